The fraction of sp³-hybridized carbons (Fsp3) is 0.424. The Balaban J connectivity index is 2.26. The molecule has 9 nitrogen and oxygen atoms in total. The first-order chi connectivity index (χ1) is 22.1. The van der Waals surface area contributed by atoms with Gasteiger partial charge in [0.1, 0.15) is 11.3 Å². The van der Waals surface area contributed by atoms with Gasteiger partial charge in [0.25, 0.3) is 11.8 Å². The van der Waals surface area contributed by atoms with Crippen LogP contribution in [-0.4, -0.2) is 38.8 Å². The molecule has 0 spiro atoms. The number of nitrogens with one attached hydrogen (secondary N) is 1. The third kappa shape index (κ3) is 9.30. The first-order valence-electron chi connectivity index (χ1n) is 14.6. The van der Waals surface area contributed by atoms with Gasteiger partial charge in [-0.25, -0.2) is 9.78 Å². The number of pyridine rings is 1. The number of hydrogen-bond donors (Lipinski definition) is 1. The number of carbonyl (C=O) groups is 2. The Morgan fingerprint density at radius 2 is 1.56 bits per heavy atom. The SMILES string of the molecule is C=CCC(C)(C)CC(=O)c1nc(-c2nnc(C(CC=C)(OCc3ccccc3)C(F)(F)F)o2)c(NC(=O)OC(C)(C)C)cc1C(F)(F)F. The van der Waals surface area contributed by atoms with Crippen molar-refractivity contribution in [3.8, 4) is 11.6 Å². The average molecular weight is 683 g/mol. The van der Waals surface area contributed by atoms with Crippen LogP contribution in [0.4, 0.5) is 36.8 Å². The highest BCUT2D eigenvalue weighted by molar-refractivity contribution is 5.98. The van der Waals surface area contributed by atoms with Gasteiger partial charge in [0, 0.05) is 12.8 Å². The van der Waals surface area contributed by atoms with Crippen LogP contribution >= 0.6 is 0 Å². The van der Waals surface area contributed by atoms with E-state index >= 15 is 0 Å². The van der Waals surface area contributed by atoms with Gasteiger partial charge in [0.2, 0.25) is 5.60 Å². The summed E-state index contributed by atoms with van der Waals surface area (Å²) in [6.45, 7) is 14.2. The second kappa shape index (κ2) is 14.3. The number of hydrogen-bond acceptors (Lipinski definition) is 8. The van der Waals surface area contributed by atoms with E-state index in [-0.39, 0.29) is 6.42 Å². The molecule has 3 aromatic rings. The minimum atomic E-state index is -5.16. The van der Waals surface area contributed by atoms with Gasteiger partial charge in [-0.1, -0.05) is 56.3 Å². The molecule has 2 aromatic heterocycles. The molecule has 260 valence electrons. The largest absolute Gasteiger partial charge is 0.444 e. The van der Waals surface area contributed by atoms with Gasteiger partial charge in [-0.3, -0.25) is 10.1 Å². The molecule has 1 unspecified atom stereocenters. The maximum Gasteiger partial charge on any atom is 0.426 e. The molecule has 0 aliphatic carbocycles. The summed E-state index contributed by atoms with van der Waals surface area (Å²) in [5, 5.41) is 9.33. The van der Waals surface area contributed by atoms with Crippen LogP contribution < -0.4 is 5.32 Å². The maximum atomic E-state index is 14.8. The van der Waals surface area contributed by atoms with E-state index < -0.39 is 94.7 Å². The Morgan fingerprint density at radius 3 is 2.10 bits per heavy atom. The van der Waals surface area contributed by atoms with Crippen LogP contribution in [0.1, 0.15) is 81.4 Å². The van der Waals surface area contributed by atoms with Crippen molar-refractivity contribution in [1.29, 1.82) is 0 Å². The Hall–Kier alpha value is -4.53. The van der Waals surface area contributed by atoms with E-state index in [0.29, 0.717) is 11.6 Å². The Labute approximate surface area is 273 Å². The summed E-state index contributed by atoms with van der Waals surface area (Å²) in [5.41, 5.74) is -8.81. The maximum absolute atomic E-state index is 14.8. The molecule has 0 radical (unpaired) electrons. The zero-order chi connectivity index (χ0) is 36.1. The van der Waals surface area contributed by atoms with E-state index in [1.807, 2.05) is 0 Å². The highest BCUT2D eigenvalue weighted by atomic mass is 19.4. The molecule has 3 rings (SSSR count). The standard InChI is InChI=1S/C33H36F6N4O5/c1-8-15-30(6,7)18-23(44)24-21(32(34,35)36)17-22(40-28(45)48-29(3,4)5)25(41-24)26-42-43-27(47-26)31(16-9-2,33(37,38)39)46-19-20-13-11-10-12-14-20/h8-14,17H,1-2,15-16,18-19H2,3-7H3,(H,40,45). The quantitative estimate of drug-likeness (QED) is 0.108. The van der Waals surface area contributed by atoms with Gasteiger partial charge < -0.3 is 13.9 Å². The Bertz CT molecular complexity index is 1630. The molecule has 48 heavy (non-hydrogen) atoms. The smallest absolute Gasteiger partial charge is 0.426 e. The minimum absolute atomic E-state index is 0.268. The zero-order valence-electron chi connectivity index (χ0n) is 27.0. The number of allylic oxidation sites excluding steroid dienone is 1. The van der Waals surface area contributed by atoms with E-state index in [1.165, 1.54) is 39.0 Å². The fourth-order valence-corrected chi connectivity index (χ4v) is 4.59. The molecule has 0 fully saturated rings. The number of anilines is 1. The van der Waals surface area contributed by atoms with E-state index in [0.717, 1.165) is 6.08 Å². The molecule has 0 saturated heterocycles. The van der Waals surface area contributed by atoms with E-state index in [4.69, 9.17) is 13.9 Å². The van der Waals surface area contributed by atoms with E-state index in [1.54, 1.807) is 32.0 Å². The van der Waals surface area contributed by atoms with Crippen molar-refractivity contribution in [2.24, 2.45) is 5.41 Å². The summed E-state index contributed by atoms with van der Waals surface area (Å²) in [6.07, 6.45) is -10.1. The van der Waals surface area contributed by atoms with Crippen LogP contribution in [-0.2, 0) is 27.9 Å². The summed E-state index contributed by atoms with van der Waals surface area (Å²) in [6, 6.07) is 8.33. The molecule has 1 N–H and O–H groups in total. The molecule has 0 aliphatic rings. The molecular formula is C33H36F6N4O5. The summed E-state index contributed by atoms with van der Waals surface area (Å²) >= 11 is 0. The van der Waals surface area contributed by atoms with Gasteiger partial charge in [0.05, 0.1) is 17.9 Å². The van der Waals surface area contributed by atoms with Crippen molar-refractivity contribution in [2.75, 3.05) is 5.32 Å². The van der Waals surface area contributed by atoms with Crippen molar-refractivity contribution in [1.82, 2.24) is 15.2 Å². The monoisotopic (exact) mass is 682 g/mol. The number of ether oxygens (including phenoxy) is 2. The number of nitrogens with zero attached hydrogens (tertiary/aromatic N) is 3. The number of halogens is 6. The summed E-state index contributed by atoms with van der Waals surface area (Å²) < 4.78 is 103. The summed E-state index contributed by atoms with van der Waals surface area (Å²) in [7, 11) is 0. The van der Waals surface area contributed by atoms with Crippen LogP contribution in [0, 0.1) is 5.41 Å². The lowest BCUT2D eigenvalue weighted by atomic mass is 9.83. The lowest BCUT2D eigenvalue weighted by Gasteiger charge is -2.31. The molecule has 1 amide bonds. The van der Waals surface area contributed by atoms with Gasteiger partial charge in [-0.05, 0) is 44.2 Å². The van der Waals surface area contributed by atoms with Crippen molar-refractivity contribution in [3.05, 3.63) is 84.4 Å². The average Bonchev–Trinajstić information content (AvgIpc) is 3.43. The number of alkyl halides is 6. The predicted molar refractivity (Wildman–Crippen MR) is 164 cm³/mol. The number of carbonyl (C=O) groups excluding carboxylic acids is 2. The van der Waals surface area contributed by atoms with Crippen molar-refractivity contribution >= 4 is 17.6 Å². The van der Waals surface area contributed by atoms with Crippen LogP contribution in [0.5, 0.6) is 0 Å². The van der Waals surface area contributed by atoms with Crippen LogP contribution in [0.25, 0.3) is 11.6 Å². The van der Waals surface area contributed by atoms with E-state index in [2.05, 4.69) is 33.7 Å². The lowest BCUT2D eigenvalue weighted by molar-refractivity contribution is -0.295. The second-order valence-electron chi connectivity index (χ2n) is 12.7. The number of amides is 1. The van der Waals surface area contributed by atoms with Crippen LogP contribution in [0.15, 0.2) is 66.1 Å². The van der Waals surface area contributed by atoms with Gasteiger partial charge in [-0.15, -0.1) is 23.4 Å². The predicted octanol–water partition coefficient (Wildman–Crippen LogP) is 9.22. The highest BCUT2D eigenvalue weighted by Gasteiger charge is 2.61. The molecule has 1 atom stereocenters. The highest BCUT2D eigenvalue weighted by Crippen LogP contribution is 2.46. The molecule has 0 aliphatic heterocycles. The lowest BCUT2D eigenvalue weighted by Crippen LogP contribution is -2.45. The Morgan fingerprint density at radius 1 is 0.938 bits per heavy atom. The molecule has 0 saturated carbocycles. The molecule has 15 heteroatoms. The minimum Gasteiger partial charge on any atom is -0.444 e. The molecule has 2 heterocycles. The molecule has 1 aromatic carbocycles. The zero-order valence-corrected chi connectivity index (χ0v) is 27.0. The summed E-state index contributed by atoms with van der Waals surface area (Å²) in [4.78, 5) is 29.9. The fourth-order valence-electron chi connectivity index (χ4n) is 4.59. The normalized spacial score (nSPS) is 13.8. The number of aromatic nitrogens is 3. The van der Waals surface area contributed by atoms with Crippen molar-refractivity contribution in [3.63, 3.8) is 0 Å². The summed E-state index contributed by atoms with van der Waals surface area (Å²) in [5.74, 6) is -3.00. The van der Waals surface area contributed by atoms with Crippen molar-refractivity contribution < 1.29 is 49.8 Å². The van der Waals surface area contributed by atoms with Crippen LogP contribution in [0.2, 0.25) is 0 Å². The third-order valence-electron chi connectivity index (χ3n) is 6.75. The van der Waals surface area contributed by atoms with Gasteiger partial charge in [0.15, 0.2) is 11.5 Å². The van der Waals surface area contributed by atoms with Gasteiger partial charge in [-0.2, -0.15) is 26.3 Å². The third-order valence-corrected chi connectivity index (χ3v) is 6.75. The van der Waals surface area contributed by atoms with Crippen LogP contribution in [0.3, 0.4) is 0 Å². The number of rotatable bonds is 13. The Kier molecular flexibility index (Phi) is 11.3. The first-order valence-corrected chi connectivity index (χ1v) is 14.6. The van der Waals surface area contributed by atoms with E-state index in [9.17, 15) is 35.9 Å². The number of Topliss-reactive ketones (excluding diaryl/α,β-unsaturated/α-hetero) is 1. The van der Waals surface area contributed by atoms with Gasteiger partial charge >= 0.3 is 18.4 Å². The van der Waals surface area contributed by atoms with Crippen molar-refractivity contribution in [2.45, 2.75) is 84.0 Å². The molecule has 0 bridgehead atoms. The topological polar surface area (TPSA) is 116 Å². The molecular weight excluding hydrogens is 646 g/mol. The first kappa shape index (κ1) is 37.9. The number of ketones is 1. The number of benzene rings is 1. The second-order valence-corrected chi connectivity index (χ2v) is 12.7.